The van der Waals surface area contributed by atoms with E-state index in [1.54, 1.807) is 14.2 Å². The summed E-state index contributed by atoms with van der Waals surface area (Å²) in [5.41, 5.74) is 4.50. The summed E-state index contributed by atoms with van der Waals surface area (Å²) in [6.07, 6.45) is 4.15. The average Bonchev–Trinajstić information content (AvgIpc) is 2.85. The minimum absolute atomic E-state index is 0.0101. The maximum absolute atomic E-state index is 12.9. The first kappa shape index (κ1) is 27.0. The van der Waals surface area contributed by atoms with E-state index in [0.29, 0.717) is 30.9 Å². The summed E-state index contributed by atoms with van der Waals surface area (Å²) < 4.78 is 16.2. The van der Waals surface area contributed by atoms with Gasteiger partial charge in [0, 0.05) is 37.3 Å². The SMILES string of the molecule is CCCC1CC(NC(=O)c2ccc(OC)cc2)CC(C)N1Cc1ccc(OCCOC)c(C)c1C. The van der Waals surface area contributed by atoms with E-state index < -0.39 is 0 Å². The molecule has 0 radical (unpaired) electrons. The number of hydrogen-bond acceptors (Lipinski definition) is 5. The van der Waals surface area contributed by atoms with E-state index in [2.05, 4.69) is 50.0 Å². The molecular formula is C29H42N2O4. The van der Waals surface area contributed by atoms with Crippen molar-refractivity contribution in [2.45, 2.75) is 78.0 Å². The fraction of sp³-hybridized carbons (Fsp3) is 0.552. The standard InChI is InChI=1S/C29H42N2O4/c1-7-8-26-18-25(30-29(32)23-9-12-27(34-6)13-10-23)17-20(2)31(26)19-24-11-14-28(22(4)21(24)3)35-16-15-33-5/h9-14,20,25-26H,7-8,15-19H2,1-6H3,(H,30,32). The van der Waals surface area contributed by atoms with E-state index >= 15 is 0 Å². The van der Waals surface area contributed by atoms with Crippen LogP contribution < -0.4 is 14.8 Å². The third-order valence-electron chi connectivity index (χ3n) is 7.27. The first-order valence-corrected chi connectivity index (χ1v) is 12.8. The molecule has 1 saturated heterocycles. The Balaban J connectivity index is 1.68. The van der Waals surface area contributed by atoms with E-state index in [1.807, 2.05) is 24.3 Å². The van der Waals surface area contributed by atoms with Gasteiger partial charge in [0.1, 0.15) is 18.1 Å². The monoisotopic (exact) mass is 482 g/mol. The van der Waals surface area contributed by atoms with Gasteiger partial charge < -0.3 is 19.5 Å². The Hall–Kier alpha value is -2.57. The second-order valence-corrected chi connectivity index (χ2v) is 9.65. The number of piperidine rings is 1. The zero-order valence-corrected chi connectivity index (χ0v) is 22.2. The zero-order valence-electron chi connectivity index (χ0n) is 22.2. The number of methoxy groups -OCH3 is 2. The number of nitrogens with one attached hydrogen (secondary N) is 1. The summed E-state index contributed by atoms with van der Waals surface area (Å²) in [6, 6.07) is 12.6. The Bertz CT molecular complexity index is 960. The van der Waals surface area contributed by atoms with Crippen molar-refractivity contribution in [1.29, 1.82) is 0 Å². The highest BCUT2D eigenvalue weighted by Gasteiger charge is 2.34. The zero-order chi connectivity index (χ0) is 25.4. The van der Waals surface area contributed by atoms with Crippen LogP contribution >= 0.6 is 0 Å². The number of carbonyl (C=O) groups is 1. The first-order chi connectivity index (χ1) is 16.9. The lowest BCUT2D eigenvalue weighted by atomic mass is 9.88. The van der Waals surface area contributed by atoms with Crippen molar-refractivity contribution in [1.82, 2.24) is 10.2 Å². The third kappa shape index (κ3) is 6.98. The van der Waals surface area contributed by atoms with Gasteiger partial charge in [-0.1, -0.05) is 19.4 Å². The van der Waals surface area contributed by atoms with Crippen molar-refractivity contribution < 1.29 is 19.0 Å². The molecular weight excluding hydrogens is 440 g/mol. The van der Waals surface area contributed by atoms with Crippen LogP contribution in [-0.4, -0.2) is 56.4 Å². The predicted octanol–water partition coefficient (Wildman–Crippen LogP) is 5.29. The van der Waals surface area contributed by atoms with Crippen LogP contribution in [0.4, 0.5) is 0 Å². The number of carbonyl (C=O) groups excluding carboxylic acids is 1. The molecule has 1 amide bonds. The van der Waals surface area contributed by atoms with Crippen LogP contribution in [-0.2, 0) is 11.3 Å². The van der Waals surface area contributed by atoms with E-state index in [-0.39, 0.29) is 11.9 Å². The maximum Gasteiger partial charge on any atom is 0.251 e. The molecule has 0 aliphatic carbocycles. The van der Waals surface area contributed by atoms with Gasteiger partial charge >= 0.3 is 0 Å². The molecule has 192 valence electrons. The van der Waals surface area contributed by atoms with Gasteiger partial charge in [-0.15, -0.1) is 0 Å². The molecule has 35 heavy (non-hydrogen) atoms. The fourth-order valence-corrected chi connectivity index (χ4v) is 5.11. The van der Waals surface area contributed by atoms with Crippen molar-refractivity contribution in [3.8, 4) is 11.5 Å². The van der Waals surface area contributed by atoms with Gasteiger partial charge in [-0.2, -0.15) is 0 Å². The van der Waals surface area contributed by atoms with Gasteiger partial charge in [0.2, 0.25) is 0 Å². The lowest BCUT2D eigenvalue weighted by Gasteiger charge is -2.44. The third-order valence-corrected chi connectivity index (χ3v) is 7.27. The highest BCUT2D eigenvalue weighted by molar-refractivity contribution is 5.94. The molecule has 1 heterocycles. The largest absolute Gasteiger partial charge is 0.497 e. The molecule has 3 rings (SSSR count). The van der Waals surface area contributed by atoms with Crippen LogP contribution in [0.25, 0.3) is 0 Å². The summed E-state index contributed by atoms with van der Waals surface area (Å²) in [6.45, 7) is 10.9. The van der Waals surface area contributed by atoms with Crippen LogP contribution in [0.15, 0.2) is 36.4 Å². The van der Waals surface area contributed by atoms with Gasteiger partial charge in [0.15, 0.2) is 0 Å². The second-order valence-electron chi connectivity index (χ2n) is 9.65. The minimum Gasteiger partial charge on any atom is -0.497 e. The van der Waals surface area contributed by atoms with Crippen LogP contribution in [0.3, 0.4) is 0 Å². The Morgan fingerprint density at radius 2 is 1.77 bits per heavy atom. The number of hydrogen-bond donors (Lipinski definition) is 1. The van der Waals surface area contributed by atoms with Crippen LogP contribution in [0.5, 0.6) is 11.5 Å². The summed E-state index contributed by atoms with van der Waals surface area (Å²) in [7, 11) is 3.32. The highest BCUT2D eigenvalue weighted by Crippen LogP contribution is 2.31. The molecule has 0 saturated carbocycles. The molecule has 2 aromatic rings. The predicted molar refractivity (Wildman–Crippen MR) is 140 cm³/mol. The fourth-order valence-electron chi connectivity index (χ4n) is 5.11. The smallest absolute Gasteiger partial charge is 0.251 e. The van der Waals surface area contributed by atoms with Crippen molar-refractivity contribution in [3.05, 3.63) is 58.7 Å². The molecule has 1 aliphatic rings. The Labute approximate surface area is 210 Å². The van der Waals surface area contributed by atoms with Crippen LogP contribution in [0, 0.1) is 13.8 Å². The molecule has 6 heteroatoms. The molecule has 0 bridgehead atoms. The molecule has 6 nitrogen and oxygen atoms in total. The van der Waals surface area contributed by atoms with Crippen molar-refractivity contribution in [3.63, 3.8) is 0 Å². The Morgan fingerprint density at radius 1 is 1.03 bits per heavy atom. The van der Waals surface area contributed by atoms with E-state index in [4.69, 9.17) is 14.2 Å². The van der Waals surface area contributed by atoms with E-state index in [9.17, 15) is 4.79 Å². The second kappa shape index (κ2) is 12.9. The van der Waals surface area contributed by atoms with Crippen molar-refractivity contribution >= 4 is 5.91 Å². The van der Waals surface area contributed by atoms with Crippen LogP contribution in [0.1, 0.15) is 66.6 Å². The van der Waals surface area contributed by atoms with Crippen molar-refractivity contribution in [2.75, 3.05) is 27.4 Å². The molecule has 1 fully saturated rings. The van der Waals surface area contributed by atoms with Gasteiger partial charge in [0.25, 0.3) is 5.91 Å². The number of likely N-dealkylation sites (tertiary alicyclic amines) is 1. The normalized spacial score (nSPS) is 20.5. The topological polar surface area (TPSA) is 60.0 Å². The van der Waals surface area contributed by atoms with E-state index in [0.717, 1.165) is 43.7 Å². The first-order valence-electron chi connectivity index (χ1n) is 12.8. The number of rotatable bonds is 11. The molecule has 0 spiro atoms. The minimum atomic E-state index is -0.0101. The molecule has 2 aromatic carbocycles. The number of nitrogens with zero attached hydrogens (tertiary/aromatic N) is 1. The summed E-state index contributed by atoms with van der Waals surface area (Å²) in [5, 5.41) is 3.29. The van der Waals surface area contributed by atoms with Gasteiger partial charge in [-0.3, -0.25) is 9.69 Å². The van der Waals surface area contributed by atoms with Gasteiger partial charge in [0.05, 0.1) is 13.7 Å². The summed E-state index contributed by atoms with van der Waals surface area (Å²) >= 11 is 0. The number of amides is 1. The number of ether oxygens (including phenoxy) is 3. The number of benzene rings is 2. The van der Waals surface area contributed by atoms with Gasteiger partial charge in [-0.25, -0.2) is 0 Å². The quantitative estimate of drug-likeness (QED) is 0.441. The Kier molecular flexibility index (Phi) is 9.99. The maximum atomic E-state index is 12.9. The summed E-state index contributed by atoms with van der Waals surface area (Å²) in [5.74, 6) is 1.68. The molecule has 1 aliphatic heterocycles. The average molecular weight is 483 g/mol. The van der Waals surface area contributed by atoms with E-state index in [1.165, 1.54) is 16.7 Å². The molecule has 1 N–H and O–H groups in total. The Morgan fingerprint density at radius 3 is 2.43 bits per heavy atom. The lowest BCUT2D eigenvalue weighted by Crippen LogP contribution is -2.53. The highest BCUT2D eigenvalue weighted by atomic mass is 16.5. The molecule has 3 atom stereocenters. The molecule has 3 unspecified atom stereocenters. The van der Waals surface area contributed by atoms with Crippen molar-refractivity contribution in [2.24, 2.45) is 0 Å². The summed E-state index contributed by atoms with van der Waals surface area (Å²) in [4.78, 5) is 15.5. The molecule has 0 aromatic heterocycles. The van der Waals surface area contributed by atoms with Crippen LogP contribution in [0.2, 0.25) is 0 Å². The van der Waals surface area contributed by atoms with Gasteiger partial charge in [-0.05, 0) is 87.1 Å². The lowest BCUT2D eigenvalue weighted by molar-refractivity contribution is 0.0557.